The molecule has 5 aliphatic rings. The number of carbonyl (C=O) groups excluding carboxylic acids is 1. The fourth-order valence-electron chi connectivity index (χ4n) is 12.1. The van der Waals surface area contributed by atoms with Crippen LogP contribution < -0.4 is 15.4 Å². The second kappa shape index (κ2) is 13.7. The molecule has 1 spiro atoms. The second-order valence-corrected chi connectivity index (χ2v) is 16.5. The number of benzene rings is 3. The van der Waals surface area contributed by atoms with E-state index in [9.17, 15) is 30.3 Å². The Balaban J connectivity index is 1.34. The molecule has 9 atom stereocenters. The molecule has 9 nitrogen and oxygen atoms in total. The number of rotatable bonds is 7. The standard InChI is InChI=1S/C44H52N2O7/c1-45-23-29-16-31-9-6-12-43-14-13-42(52)22-32(48)18-33(34-20-40(53-2)39(51)17-30(34)25-47)27(15-26-7-4-3-5-8-26)10-11-28(24-46-43)41(42)44(31,43)36-21-38(50)37(49)19-35(29)36/h3-5,7-8,17,19-21,27-29,31,33,41,45-47,49-52H,6,9,12-16,18,22-25H2,1-2H3. The summed E-state index contributed by atoms with van der Waals surface area (Å²) in [4.78, 5) is 14.7. The summed E-state index contributed by atoms with van der Waals surface area (Å²) in [7, 11) is 3.42. The zero-order chi connectivity index (χ0) is 37.1. The minimum atomic E-state index is -1.36. The Morgan fingerprint density at radius 1 is 0.981 bits per heavy atom. The number of Topliss-reactive ketones (excluding diaryl/α,β-unsaturated/α-hetero) is 1. The van der Waals surface area contributed by atoms with E-state index in [-0.39, 0.29) is 83.4 Å². The number of phenols is 3. The van der Waals surface area contributed by atoms with Gasteiger partial charge in [-0.05, 0) is 109 Å². The molecule has 3 aromatic carbocycles. The van der Waals surface area contributed by atoms with E-state index in [1.165, 1.54) is 13.2 Å². The van der Waals surface area contributed by atoms with E-state index >= 15 is 0 Å². The highest BCUT2D eigenvalue weighted by atomic mass is 16.5. The van der Waals surface area contributed by atoms with Crippen molar-refractivity contribution in [1.82, 2.24) is 10.6 Å². The summed E-state index contributed by atoms with van der Waals surface area (Å²) in [5, 5.41) is 63.8. The van der Waals surface area contributed by atoms with E-state index in [0.717, 1.165) is 48.9 Å². The average Bonchev–Trinajstić information content (AvgIpc) is 3.15. The van der Waals surface area contributed by atoms with Crippen LogP contribution in [0.25, 0.3) is 0 Å². The molecule has 53 heavy (non-hydrogen) atoms. The maximum Gasteiger partial charge on any atom is 0.160 e. The number of carbonyl (C=O) groups is 1. The first-order valence-corrected chi connectivity index (χ1v) is 19.3. The van der Waals surface area contributed by atoms with Crippen LogP contribution in [0.3, 0.4) is 0 Å². The summed E-state index contributed by atoms with van der Waals surface area (Å²) in [6.45, 7) is 0.963. The van der Waals surface area contributed by atoms with Crippen LogP contribution in [0.4, 0.5) is 0 Å². The minimum absolute atomic E-state index is 0.0298. The van der Waals surface area contributed by atoms with Gasteiger partial charge in [-0.2, -0.15) is 0 Å². The summed E-state index contributed by atoms with van der Waals surface area (Å²) in [5.74, 6) is 6.09. The van der Waals surface area contributed by atoms with Crippen LogP contribution in [0, 0.1) is 35.5 Å². The van der Waals surface area contributed by atoms with E-state index in [2.05, 4.69) is 34.6 Å². The molecule has 2 saturated carbocycles. The van der Waals surface area contributed by atoms with Gasteiger partial charge in [-0.15, -0.1) is 0 Å². The van der Waals surface area contributed by atoms with Gasteiger partial charge in [-0.3, -0.25) is 4.79 Å². The number of aliphatic hydroxyl groups excluding tert-OH is 1. The van der Waals surface area contributed by atoms with Crippen LogP contribution in [0.5, 0.6) is 23.0 Å². The lowest BCUT2D eigenvalue weighted by Crippen LogP contribution is -2.80. The van der Waals surface area contributed by atoms with Crippen molar-refractivity contribution < 1.29 is 35.1 Å². The van der Waals surface area contributed by atoms with E-state index in [4.69, 9.17) is 4.74 Å². The van der Waals surface area contributed by atoms with Crippen molar-refractivity contribution in [2.45, 2.75) is 92.8 Å². The molecular weight excluding hydrogens is 668 g/mol. The third kappa shape index (κ3) is 5.64. The minimum Gasteiger partial charge on any atom is -0.504 e. The predicted octanol–water partition coefficient (Wildman–Crippen LogP) is 5.16. The van der Waals surface area contributed by atoms with Crippen molar-refractivity contribution in [3.8, 4) is 34.8 Å². The summed E-state index contributed by atoms with van der Waals surface area (Å²) < 4.78 is 5.51. The Morgan fingerprint density at radius 2 is 1.77 bits per heavy atom. The Labute approximate surface area is 311 Å². The lowest BCUT2D eigenvalue weighted by molar-refractivity contribution is -0.195. The number of hydrogen-bond donors (Lipinski definition) is 7. The maximum absolute atomic E-state index is 14.7. The number of aliphatic hydroxyl groups is 2. The van der Waals surface area contributed by atoms with Gasteiger partial charge < -0.3 is 40.9 Å². The van der Waals surface area contributed by atoms with Gasteiger partial charge >= 0.3 is 0 Å². The highest BCUT2D eigenvalue weighted by Crippen LogP contribution is 2.70. The summed E-state index contributed by atoms with van der Waals surface area (Å²) in [6, 6.07) is 16.8. The average molecular weight is 721 g/mol. The number of methoxy groups -OCH3 is 1. The van der Waals surface area contributed by atoms with E-state index < -0.39 is 16.9 Å². The molecule has 7 N–H and O–H groups in total. The fourth-order valence-corrected chi connectivity index (χ4v) is 12.1. The van der Waals surface area contributed by atoms with Crippen LogP contribution in [0.2, 0.25) is 0 Å². The number of likely N-dealkylation sites (N-methyl/N-ethyl adjacent to an activating group) is 1. The first kappa shape index (κ1) is 35.9. The van der Waals surface area contributed by atoms with E-state index in [1.807, 2.05) is 25.2 Å². The van der Waals surface area contributed by atoms with Crippen molar-refractivity contribution in [3.05, 3.63) is 82.4 Å². The number of hydrogen-bond acceptors (Lipinski definition) is 9. The van der Waals surface area contributed by atoms with Crippen LogP contribution in [-0.2, 0) is 23.2 Å². The first-order valence-electron chi connectivity index (χ1n) is 19.3. The number of ketones is 1. The van der Waals surface area contributed by atoms with Gasteiger partial charge in [-0.1, -0.05) is 48.6 Å². The van der Waals surface area contributed by atoms with Crippen molar-refractivity contribution in [3.63, 3.8) is 0 Å². The van der Waals surface area contributed by atoms with Gasteiger partial charge in [0.1, 0.15) is 5.78 Å². The van der Waals surface area contributed by atoms with Crippen molar-refractivity contribution in [2.75, 3.05) is 27.2 Å². The van der Waals surface area contributed by atoms with Gasteiger partial charge in [-0.25, -0.2) is 0 Å². The zero-order valence-corrected chi connectivity index (χ0v) is 30.7. The third-order valence-corrected chi connectivity index (χ3v) is 14.0. The quantitative estimate of drug-likeness (QED) is 0.130. The highest BCUT2D eigenvalue weighted by molar-refractivity contribution is 5.81. The highest BCUT2D eigenvalue weighted by Gasteiger charge is 2.73. The van der Waals surface area contributed by atoms with Gasteiger partial charge in [0, 0.05) is 60.6 Å². The molecule has 1 saturated heterocycles. The molecule has 9 heteroatoms. The normalized spacial score (nSPS) is 34.5. The molecule has 3 aromatic rings. The van der Waals surface area contributed by atoms with Gasteiger partial charge in [0.25, 0.3) is 0 Å². The molecule has 0 radical (unpaired) electrons. The monoisotopic (exact) mass is 720 g/mol. The Kier molecular flexibility index (Phi) is 9.26. The van der Waals surface area contributed by atoms with Crippen molar-refractivity contribution in [2.24, 2.45) is 23.7 Å². The summed E-state index contributed by atoms with van der Waals surface area (Å²) in [5.41, 5.74) is 1.94. The molecular formula is C44H52N2O7. The lowest BCUT2D eigenvalue weighted by atomic mass is 9.35. The van der Waals surface area contributed by atoms with Crippen LogP contribution in [0.1, 0.15) is 91.0 Å². The molecule has 3 fully saturated rings. The summed E-state index contributed by atoms with van der Waals surface area (Å²) >= 11 is 0. The molecule has 280 valence electrons. The summed E-state index contributed by atoms with van der Waals surface area (Å²) in [6.07, 6.45) is 5.59. The van der Waals surface area contributed by atoms with Crippen molar-refractivity contribution >= 4 is 5.78 Å². The van der Waals surface area contributed by atoms with Crippen LogP contribution >= 0.6 is 0 Å². The van der Waals surface area contributed by atoms with E-state index in [1.54, 1.807) is 18.2 Å². The maximum atomic E-state index is 14.7. The molecule has 1 heterocycles. The third-order valence-electron chi connectivity index (χ3n) is 14.0. The SMILES string of the molecule is CNCC1CC2CCCC34CCC5(O)CC(=O)CC(c6cc(OC)c(O)cc6CO)C(Cc6ccccc6)C#CC(CN3)C5C24c2cc(O)c(O)cc21. The number of fused-ring (bicyclic) bond motifs is 1. The predicted molar refractivity (Wildman–Crippen MR) is 201 cm³/mol. The number of phenolic OH excluding ortho intramolecular Hbond substituents is 3. The molecule has 1 aliphatic heterocycles. The molecule has 4 aliphatic carbocycles. The topological polar surface area (TPSA) is 152 Å². The molecule has 0 aromatic heterocycles. The number of aromatic hydroxyl groups is 3. The number of nitrogens with one attached hydrogen (secondary N) is 2. The first-order chi connectivity index (χ1) is 25.6. The van der Waals surface area contributed by atoms with Crippen LogP contribution in [0.15, 0.2) is 54.6 Å². The Hall–Kier alpha value is -4.07. The molecule has 9 unspecified atom stereocenters. The second-order valence-electron chi connectivity index (χ2n) is 16.5. The van der Waals surface area contributed by atoms with Gasteiger partial charge in [0.05, 0.1) is 19.3 Å². The molecule has 8 rings (SSSR count). The van der Waals surface area contributed by atoms with Gasteiger partial charge in [0.2, 0.25) is 0 Å². The van der Waals surface area contributed by atoms with E-state index in [0.29, 0.717) is 36.9 Å². The van der Waals surface area contributed by atoms with Crippen molar-refractivity contribution in [1.29, 1.82) is 0 Å². The largest absolute Gasteiger partial charge is 0.504 e. The Bertz CT molecular complexity index is 1960. The van der Waals surface area contributed by atoms with Crippen LogP contribution in [-0.4, -0.2) is 69.7 Å². The molecule has 0 amide bonds. The fraction of sp³-hybridized carbons (Fsp3) is 0.523. The molecule has 2 bridgehead atoms. The zero-order valence-electron chi connectivity index (χ0n) is 30.7. The number of piperidine rings is 1. The van der Waals surface area contributed by atoms with Gasteiger partial charge in [0.15, 0.2) is 23.0 Å². The lowest BCUT2D eigenvalue weighted by Gasteiger charge is -2.73. The Morgan fingerprint density at radius 3 is 2.53 bits per heavy atom. The smallest absolute Gasteiger partial charge is 0.160 e. The number of ether oxygens (including phenoxy) is 1.